The number of nitrogens with zero attached hydrogens (tertiary/aromatic N) is 3. The van der Waals surface area contributed by atoms with Gasteiger partial charge in [-0.05, 0) is 42.9 Å². The van der Waals surface area contributed by atoms with Gasteiger partial charge in [0.15, 0.2) is 0 Å². The molecule has 1 aromatic carbocycles. The number of fused-ring (bicyclic) bond motifs is 2. The van der Waals surface area contributed by atoms with Crippen molar-refractivity contribution in [3.63, 3.8) is 0 Å². The molecule has 1 aromatic heterocycles. The van der Waals surface area contributed by atoms with Gasteiger partial charge in [0.25, 0.3) is 0 Å². The van der Waals surface area contributed by atoms with Gasteiger partial charge < -0.3 is 4.90 Å². The molecule has 2 aromatic rings. The molecular formula is C16H16FN3. The van der Waals surface area contributed by atoms with Gasteiger partial charge in [-0.25, -0.2) is 14.4 Å². The van der Waals surface area contributed by atoms with Crippen molar-refractivity contribution in [2.45, 2.75) is 12.8 Å². The minimum atomic E-state index is -0.230. The summed E-state index contributed by atoms with van der Waals surface area (Å²) in [5.41, 5.74) is 0.810. The number of halogens is 1. The highest BCUT2D eigenvalue weighted by molar-refractivity contribution is 5.89. The van der Waals surface area contributed by atoms with E-state index in [1.165, 1.54) is 6.07 Å². The lowest BCUT2D eigenvalue weighted by Gasteiger charge is -2.18. The van der Waals surface area contributed by atoms with Crippen molar-refractivity contribution in [2.24, 2.45) is 11.8 Å². The molecule has 1 saturated heterocycles. The van der Waals surface area contributed by atoms with Crippen LogP contribution in [0.2, 0.25) is 0 Å². The van der Waals surface area contributed by atoms with E-state index in [1.54, 1.807) is 18.5 Å². The number of hydrogen-bond acceptors (Lipinski definition) is 3. The SMILES string of the molecule is Fc1ccc2ncnc(N3CC4CC=CCC4C3)c2c1. The maximum atomic E-state index is 13.5. The van der Waals surface area contributed by atoms with Gasteiger partial charge in [-0.3, -0.25) is 0 Å². The molecule has 2 atom stereocenters. The van der Waals surface area contributed by atoms with E-state index in [9.17, 15) is 4.39 Å². The zero-order valence-electron chi connectivity index (χ0n) is 11.2. The molecule has 0 bridgehead atoms. The van der Waals surface area contributed by atoms with E-state index < -0.39 is 0 Å². The first-order chi connectivity index (χ1) is 9.81. The van der Waals surface area contributed by atoms with Gasteiger partial charge >= 0.3 is 0 Å². The summed E-state index contributed by atoms with van der Waals surface area (Å²) in [5.74, 6) is 2.06. The van der Waals surface area contributed by atoms with E-state index in [0.717, 1.165) is 42.7 Å². The second kappa shape index (κ2) is 4.54. The van der Waals surface area contributed by atoms with Crippen LogP contribution in [0.1, 0.15) is 12.8 Å². The van der Waals surface area contributed by atoms with Crippen LogP contribution in [0.15, 0.2) is 36.7 Å². The average molecular weight is 269 g/mol. The van der Waals surface area contributed by atoms with Crippen LogP contribution in [0, 0.1) is 17.7 Å². The number of rotatable bonds is 1. The lowest BCUT2D eigenvalue weighted by atomic mass is 9.86. The molecule has 4 rings (SSSR count). The van der Waals surface area contributed by atoms with E-state index in [-0.39, 0.29) is 5.82 Å². The Morgan fingerprint density at radius 3 is 2.55 bits per heavy atom. The normalized spacial score (nSPS) is 25.1. The Balaban J connectivity index is 1.74. The highest BCUT2D eigenvalue weighted by Gasteiger charge is 2.33. The molecule has 1 aliphatic heterocycles. The van der Waals surface area contributed by atoms with E-state index in [2.05, 4.69) is 27.0 Å². The predicted molar refractivity (Wildman–Crippen MR) is 77.1 cm³/mol. The van der Waals surface area contributed by atoms with Crippen molar-refractivity contribution in [3.8, 4) is 0 Å². The lowest BCUT2D eigenvalue weighted by molar-refractivity contribution is 0.411. The Kier molecular flexibility index (Phi) is 2.69. The maximum Gasteiger partial charge on any atom is 0.140 e. The van der Waals surface area contributed by atoms with E-state index in [1.807, 2.05) is 0 Å². The molecule has 4 heteroatoms. The van der Waals surface area contributed by atoms with Crippen LogP contribution in [-0.2, 0) is 0 Å². The van der Waals surface area contributed by atoms with Gasteiger partial charge in [-0.1, -0.05) is 12.2 Å². The number of anilines is 1. The average Bonchev–Trinajstić information content (AvgIpc) is 2.90. The molecular weight excluding hydrogens is 253 g/mol. The molecule has 1 aliphatic carbocycles. The summed E-state index contributed by atoms with van der Waals surface area (Å²) in [5, 5.41) is 0.819. The maximum absolute atomic E-state index is 13.5. The molecule has 2 aliphatic rings. The largest absolute Gasteiger partial charge is 0.355 e. The molecule has 2 unspecified atom stereocenters. The topological polar surface area (TPSA) is 29.0 Å². The fourth-order valence-electron chi connectivity index (χ4n) is 3.46. The molecule has 0 saturated carbocycles. The quantitative estimate of drug-likeness (QED) is 0.745. The second-order valence-corrected chi connectivity index (χ2v) is 5.73. The number of aromatic nitrogens is 2. The van der Waals surface area contributed by atoms with Gasteiger partial charge in [-0.2, -0.15) is 0 Å². The lowest BCUT2D eigenvalue weighted by Crippen LogP contribution is -2.21. The first-order valence-corrected chi connectivity index (χ1v) is 7.11. The van der Waals surface area contributed by atoms with Gasteiger partial charge in [-0.15, -0.1) is 0 Å². The Hall–Kier alpha value is -1.97. The Bertz CT molecular complexity index is 666. The predicted octanol–water partition coefficient (Wildman–Crippen LogP) is 3.17. The minimum absolute atomic E-state index is 0.230. The van der Waals surface area contributed by atoms with Crippen LogP contribution >= 0.6 is 0 Å². The van der Waals surface area contributed by atoms with Crippen LogP contribution in [0.4, 0.5) is 10.2 Å². The van der Waals surface area contributed by atoms with Crippen LogP contribution in [0.5, 0.6) is 0 Å². The van der Waals surface area contributed by atoms with E-state index >= 15 is 0 Å². The van der Waals surface area contributed by atoms with Gasteiger partial charge in [0, 0.05) is 18.5 Å². The van der Waals surface area contributed by atoms with Crippen LogP contribution < -0.4 is 4.90 Å². The third-order valence-electron chi connectivity index (χ3n) is 4.50. The number of hydrogen-bond donors (Lipinski definition) is 0. The zero-order valence-corrected chi connectivity index (χ0v) is 11.2. The molecule has 0 amide bonds. The summed E-state index contributed by atoms with van der Waals surface area (Å²) in [6.07, 6.45) is 8.44. The highest BCUT2D eigenvalue weighted by atomic mass is 19.1. The summed E-state index contributed by atoms with van der Waals surface area (Å²) in [6.45, 7) is 2.02. The van der Waals surface area contributed by atoms with Crippen LogP contribution in [0.3, 0.4) is 0 Å². The van der Waals surface area contributed by atoms with E-state index in [0.29, 0.717) is 11.8 Å². The Morgan fingerprint density at radius 1 is 1.05 bits per heavy atom. The first kappa shape index (κ1) is 11.8. The fourth-order valence-corrected chi connectivity index (χ4v) is 3.46. The van der Waals surface area contributed by atoms with Crippen LogP contribution in [-0.4, -0.2) is 23.1 Å². The van der Waals surface area contributed by atoms with Gasteiger partial charge in [0.1, 0.15) is 18.0 Å². The van der Waals surface area contributed by atoms with Crippen molar-refractivity contribution in [2.75, 3.05) is 18.0 Å². The fraction of sp³-hybridized carbons (Fsp3) is 0.375. The van der Waals surface area contributed by atoms with Crippen molar-refractivity contribution >= 4 is 16.7 Å². The Labute approximate surface area is 117 Å². The third-order valence-corrected chi connectivity index (χ3v) is 4.50. The standard InChI is InChI=1S/C16H16FN3/c17-13-5-6-15-14(7-13)16(19-10-18-15)20-8-11-3-1-2-4-12(11)9-20/h1-2,5-7,10-12H,3-4,8-9H2. The summed E-state index contributed by atoms with van der Waals surface area (Å²) in [7, 11) is 0. The molecule has 2 heterocycles. The zero-order chi connectivity index (χ0) is 13.5. The summed E-state index contributed by atoms with van der Waals surface area (Å²) >= 11 is 0. The van der Waals surface area contributed by atoms with Crippen molar-refractivity contribution in [3.05, 3.63) is 42.5 Å². The van der Waals surface area contributed by atoms with Crippen LogP contribution in [0.25, 0.3) is 10.9 Å². The van der Waals surface area contributed by atoms with Gasteiger partial charge in [0.2, 0.25) is 0 Å². The smallest absolute Gasteiger partial charge is 0.140 e. The molecule has 1 fully saturated rings. The summed E-state index contributed by atoms with van der Waals surface area (Å²) in [6, 6.07) is 4.72. The third kappa shape index (κ3) is 1.87. The molecule has 0 radical (unpaired) electrons. The number of allylic oxidation sites excluding steroid dienone is 2. The van der Waals surface area contributed by atoms with E-state index in [4.69, 9.17) is 0 Å². The van der Waals surface area contributed by atoms with Crippen molar-refractivity contribution in [1.82, 2.24) is 9.97 Å². The highest BCUT2D eigenvalue weighted by Crippen LogP contribution is 2.36. The van der Waals surface area contributed by atoms with Gasteiger partial charge in [0.05, 0.1) is 5.52 Å². The molecule has 0 spiro atoms. The number of benzene rings is 1. The van der Waals surface area contributed by atoms with Crippen molar-refractivity contribution < 1.29 is 4.39 Å². The summed E-state index contributed by atoms with van der Waals surface area (Å²) < 4.78 is 13.5. The molecule has 0 N–H and O–H groups in total. The van der Waals surface area contributed by atoms with Crippen molar-refractivity contribution in [1.29, 1.82) is 0 Å². The molecule has 3 nitrogen and oxygen atoms in total. The summed E-state index contributed by atoms with van der Waals surface area (Å²) in [4.78, 5) is 10.9. The molecule has 102 valence electrons. The second-order valence-electron chi connectivity index (χ2n) is 5.73. The minimum Gasteiger partial charge on any atom is -0.355 e. The Morgan fingerprint density at radius 2 is 1.80 bits per heavy atom. The monoisotopic (exact) mass is 269 g/mol. The molecule has 20 heavy (non-hydrogen) atoms. The first-order valence-electron chi connectivity index (χ1n) is 7.11.